The molecule has 0 radical (unpaired) electrons. The molecular weight excluding hydrogens is 286 g/mol. The summed E-state index contributed by atoms with van der Waals surface area (Å²) in [6.07, 6.45) is 7.14. The zero-order valence-electron chi connectivity index (χ0n) is 11.4. The normalized spacial score (nSPS) is 15.5. The Bertz CT molecular complexity index is 819. The maximum atomic E-state index is 4.40. The van der Waals surface area contributed by atoms with Crippen molar-refractivity contribution in [2.75, 3.05) is 17.2 Å². The number of hydrogen-bond acceptors (Lipinski definition) is 6. The second kappa shape index (κ2) is 4.88. The van der Waals surface area contributed by atoms with Gasteiger partial charge in [-0.3, -0.25) is 4.68 Å². The molecule has 7 nitrogen and oxygen atoms in total. The van der Waals surface area contributed by atoms with Gasteiger partial charge in [-0.05, 0) is 6.07 Å². The lowest BCUT2D eigenvalue weighted by Crippen LogP contribution is -2.24. The number of nitrogens with one attached hydrogen (secondary N) is 1. The van der Waals surface area contributed by atoms with E-state index in [-0.39, 0.29) is 0 Å². The second-order valence-electron chi connectivity index (χ2n) is 4.67. The molecule has 0 spiro atoms. The minimum Gasteiger partial charge on any atom is -0.329 e. The molecule has 106 valence electrons. The molecule has 0 saturated heterocycles. The molecule has 3 aromatic rings. The zero-order valence-corrected chi connectivity index (χ0v) is 12.2. The molecule has 1 aliphatic rings. The SMILES string of the molecule is Cn1nccc1C1=CN(c2ncnc3[nH]cnc23)CCS1. The van der Waals surface area contributed by atoms with Crippen molar-refractivity contribution in [3.63, 3.8) is 0 Å². The first-order valence-corrected chi connectivity index (χ1v) is 7.55. The number of thioether (sulfide) groups is 1. The van der Waals surface area contributed by atoms with Gasteiger partial charge >= 0.3 is 0 Å². The molecule has 0 amide bonds. The van der Waals surface area contributed by atoms with Crippen molar-refractivity contribution < 1.29 is 0 Å². The van der Waals surface area contributed by atoms with Gasteiger partial charge in [-0.15, -0.1) is 11.8 Å². The summed E-state index contributed by atoms with van der Waals surface area (Å²) in [4.78, 5) is 19.2. The summed E-state index contributed by atoms with van der Waals surface area (Å²) < 4.78 is 1.88. The third-order valence-electron chi connectivity index (χ3n) is 3.41. The van der Waals surface area contributed by atoms with Crippen molar-refractivity contribution in [1.29, 1.82) is 0 Å². The van der Waals surface area contributed by atoms with Gasteiger partial charge in [0.1, 0.15) is 6.33 Å². The Balaban J connectivity index is 1.79. The van der Waals surface area contributed by atoms with Gasteiger partial charge < -0.3 is 9.88 Å². The van der Waals surface area contributed by atoms with E-state index in [9.17, 15) is 0 Å². The summed E-state index contributed by atoms with van der Waals surface area (Å²) in [5.74, 6) is 1.83. The van der Waals surface area contributed by atoms with Gasteiger partial charge in [-0.2, -0.15) is 5.10 Å². The van der Waals surface area contributed by atoms with E-state index in [2.05, 4.69) is 36.1 Å². The standard InChI is InChI=1S/C13H13N7S/c1-19-9(2-3-18-19)10-6-20(4-5-21-10)13-11-12(15-7-14-11)16-8-17-13/h2-3,6-8H,4-5H2,1H3,(H,14,15,16,17). The van der Waals surface area contributed by atoms with E-state index in [0.29, 0.717) is 0 Å². The van der Waals surface area contributed by atoms with E-state index in [0.717, 1.165) is 35.0 Å². The summed E-state index contributed by atoms with van der Waals surface area (Å²) in [7, 11) is 1.95. The first-order valence-electron chi connectivity index (χ1n) is 6.56. The van der Waals surface area contributed by atoms with Gasteiger partial charge in [0.2, 0.25) is 0 Å². The lowest BCUT2D eigenvalue weighted by Gasteiger charge is -2.25. The number of aromatic nitrogens is 6. The van der Waals surface area contributed by atoms with Gasteiger partial charge in [0.25, 0.3) is 0 Å². The predicted molar refractivity (Wildman–Crippen MR) is 82.7 cm³/mol. The molecular formula is C13H13N7S. The van der Waals surface area contributed by atoms with E-state index < -0.39 is 0 Å². The number of H-pyrrole nitrogens is 1. The van der Waals surface area contributed by atoms with E-state index in [1.807, 2.05) is 35.8 Å². The van der Waals surface area contributed by atoms with Crippen LogP contribution < -0.4 is 4.90 Å². The average Bonchev–Trinajstić information content (AvgIpc) is 3.15. The van der Waals surface area contributed by atoms with Crippen LogP contribution in [0, 0.1) is 0 Å². The summed E-state index contributed by atoms with van der Waals surface area (Å²) >= 11 is 1.83. The molecule has 8 heteroatoms. The molecule has 21 heavy (non-hydrogen) atoms. The maximum Gasteiger partial charge on any atom is 0.164 e. The fourth-order valence-corrected chi connectivity index (χ4v) is 3.44. The minimum absolute atomic E-state index is 0.758. The van der Waals surface area contributed by atoms with Gasteiger partial charge in [0.05, 0.1) is 12.0 Å². The van der Waals surface area contributed by atoms with Crippen molar-refractivity contribution in [3.05, 3.63) is 36.8 Å². The zero-order chi connectivity index (χ0) is 14.2. The van der Waals surface area contributed by atoms with Crippen LogP contribution in [-0.2, 0) is 7.05 Å². The molecule has 0 unspecified atom stereocenters. The quantitative estimate of drug-likeness (QED) is 0.775. The van der Waals surface area contributed by atoms with Crippen molar-refractivity contribution in [3.8, 4) is 0 Å². The monoisotopic (exact) mass is 299 g/mol. The van der Waals surface area contributed by atoms with Crippen LogP contribution in [0.25, 0.3) is 16.1 Å². The summed E-state index contributed by atoms with van der Waals surface area (Å²) in [5, 5.41) is 4.23. The molecule has 1 aliphatic heterocycles. The number of rotatable bonds is 2. The second-order valence-corrected chi connectivity index (χ2v) is 5.81. The van der Waals surface area contributed by atoms with Gasteiger partial charge in [-0.25, -0.2) is 15.0 Å². The van der Waals surface area contributed by atoms with Gasteiger partial charge in [0, 0.05) is 36.6 Å². The van der Waals surface area contributed by atoms with Crippen LogP contribution in [0.15, 0.2) is 31.1 Å². The van der Waals surface area contributed by atoms with Crippen molar-refractivity contribution >= 4 is 33.6 Å². The molecule has 0 atom stereocenters. The largest absolute Gasteiger partial charge is 0.329 e. The average molecular weight is 299 g/mol. The Kier molecular flexibility index (Phi) is 2.88. The van der Waals surface area contributed by atoms with Gasteiger partial charge in [0.15, 0.2) is 17.0 Å². The van der Waals surface area contributed by atoms with Crippen LogP contribution in [-0.4, -0.2) is 42.0 Å². The minimum atomic E-state index is 0.758. The lowest BCUT2D eigenvalue weighted by atomic mass is 10.3. The number of fused-ring (bicyclic) bond motifs is 1. The van der Waals surface area contributed by atoms with Crippen LogP contribution >= 0.6 is 11.8 Å². The van der Waals surface area contributed by atoms with E-state index >= 15 is 0 Å². The Morgan fingerprint density at radius 3 is 3.10 bits per heavy atom. The fourth-order valence-electron chi connectivity index (χ4n) is 2.38. The molecule has 3 aromatic heterocycles. The smallest absolute Gasteiger partial charge is 0.164 e. The molecule has 0 saturated carbocycles. The number of anilines is 1. The third-order valence-corrected chi connectivity index (χ3v) is 4.42. The first-order chi connectivity index (χ1) is 10.3. The van der Waals surface area contributed by atoms with E-state index in [1.165, 1.54) is 4.91 Å². The van der Waals surface area contributed by atoms with Crippen molar-refractivity contribution in [2.45, 2.75) is 0 Å². The summed E-state index contributed by atoms with van der Waals surface area (Å²) in [5.41, 5.74) is 2.66. The van der Waals surface area contributed by atoms with Crippen molar-refractivity contribution in [2.24, 2.45) is 7.05 Å². The topological polar surface area (TPSA) is 75.5 Å². The lowest BCUT2D eigenvalue weighted by molar-refractivity contribution is 0.758. The Hall–Kier alpha value is -2.35. The molecule has 4 rings (SSSR count). The Labute approximate surface area is 125 Å². The Morgan fingerprint density at radius 2 is 2.24 bits per heavy atom. The molecule has 0 fully saturated rings. The van der Waals surface area contributed by atoms with Crippen LogP contribution in [0.1, 0.15) is 5.69 Å². The maximum absolute atomic E-state index is 4.40. The number of aromatic amines is 1. The van der Waals surface area contributed by atoms with Crippen LogP contribution in [0.2, 0.25) is 0 Å². The molecule has 0 bridgehead atoms. The molecule has 1 N–H and O–H groups in total. The molecule has 4 heterocycles. The number of aryl methyl sites for hydroxylation is 1. The number of imidazole rings is 1. The van der Waals surface area contributed by atoms with E-state index in [4.69, 9.17) is 0 Å². The summed E-state index contributed by atoms with van der Waals surface area (Å²) in [6, 6.07) is 2.02. The van der Waals surface area contributed by atoms with E-state index in [1.54, 1.807) is 12.7 Å². The van der Waals surface area contributed by atoms with Crippen LogP contribution in [0.4, 0.5) is 5.82 Å². The number of nitrogens with zero attached hydrogens (tertiary/aromatic N) is 6. The molecule has 0 aliphatic carbocycles. The van der Waals surface area contributed by atoms with Crippen molar-refractivity contribution in [1.82, 2.24) is 29.7 Å². The third kappa shape index (κ3) is 2.07. The summed E-state index contributed by atoms with van der Waals surface area (Å²) in [6.45, 7) is 0.894. The highest BCUT2D eigenvalue weighted by molar-refractivity contribution is 8.08. The van der Waals surface area contributed by atoms with Crippen LogP contribution in [0.3, 0.4) is 0 Å². The highest BCUT2D eigenvalue weighted by atomic mass is 32.2. The highest BCUT2D eigenvalue weighted by Gasteiger charge is 2.19. The molecule has 0 aromatic carbocycles. The highest BCUT2D eigenvalue weighted by Crippen LogP contribution is 2.33. The Morgan fingerprint density at radius 1 is 1.29 bits per heavy atom. The number of hydrogen-bond donors (Lipinski definition) is 1. The predicted octanol–water partition coefficient (Wildman–Crippen LogP) is 1.64. The fraction of sp³-hybridized carbons (Fsp3) is 0.231. The van der Waals surface area contributed by atoms with Crippen LogP contribution in [0.5, 0.6) is 0 Å². The van der Waals surface area contributed by atoms with Gasteiger partial charge in [-0.1, -0.05) is 0 Å². The first kappa shape index (κ1) is 12.4.